The molecule has 4 aromatic rings. The summed E-state index contributed by atoms with van der Waals surface area (Å²) in [5.74, 6) is 0.688. The molecule has 0 saturated heterocycles. The fourth-order valence-electron chi connectivity index (χ4n) is 3.15. The van der Waals surface area contributed by atoms with Gasteiger partial charge in [0.05, 0.1) is 10.3 Å². The van der Waals surface area contributed by atoms with Gasteiger partial charge in [0, 0.05) is 28.8 Å². The molecule has 1 N–H and O–H groups in total. The second kappa shape index (κ2) is 6.77. The highest BCUT2D eigenvalue weighted by Crippen LogP contribution is 2.38. The normalized spacial score (nSPS) is 10.9. The van der Waals surface area contributed by atoms with Gasteiger partial charge in [-0.25, -0.2) is 9.97 Å². The molecule has 0 unspecified atom stereocenters. The Balaban J connectivity index is 1.84. The number of hydrogen-bond acceptors (Lipinski definition) is 6. The van der Waals surface area contributed by atoms with E-state index < -0.39 is 0 Å². The lowest BCUT2D eigenvalue weighted by atomic mass is 10.1. The number of fused-ring (bicyclic) bond motifs is 1. The predicted octanol–water partition coefficient (Wildman–Crippen LogP) is 5.63. The van der Waals surface area contributed by atoms with Crippen molar-refractivity contribution in [3.63, 3.8) is 0 Å². The molecule has 0 bridgehead atoms. The van der Waals surface area contributed by atoms with Gasteiger partial charge >= 0.3 is 0 Å². The van der Waals surface area contributed by atoms with Gasteiger partial charge in [-0.2, -0.15) is 0 Å². The van der Waals surface area contributed by atoms with Crippen molar-refractivity contribution < 1.29 is 4.92 Å². The van der Waals surface area contributed by atoms with Crippen LogP contribution in [0.15, 0.2) is 54.2 Å². The third-order valence-corrected chi connectivity index (χ3v) is 5.11. The zero-order valence-corrected chi connectivity index (χ0v) is 15.6. The molecule has 0 atom stereocenters. The highest BCUT2D eigenvalue weighted by atomic mass is 32.1. The second-order valence-corrected chi connectivity index (χ2v) is 7.22. The molecule has 6 nitrogen and oxygen atoms in total. The van der Waals surface area contributed by atoms with Crippen molar-refractivity contribution >= 4 is 38.7 Å². The quantitative estimate of drug-likeness (QED) is 0.369. The SMILES string of the molecule is Cc1cc(C)cc(Nc2ncnc3scc(-c4cccc([N+](=O)[O-])c4)c23)c1. The first-order chi connectivity index (χ1) is 13.0. The number of thiophene rings is 1. The zero-order valence-electron chi connectivity index (χ0n) is 14.8. The van der Waals surface area contributed by atoms with Crippen LogP contribution in [0.1, 0.15) is 11.1 Å². The van der Waals surface area contributed by atoms with E-state index >= 15 is 0 Å². The molecular formula is C20H16N4O2S. The first-order valence-electron chi connectivity index (χ1n) is 8.33. The van der Waals surface area contributed by atoms with Gasteiger partial charge in [-0.15, -0.1) is 11.3 Å². The molecule has 0 radical (unpaired) electrons. The maximum Gasteiger partial charge on any atom is 0.270 e. The molecule has 2 aromatic heterocycles. The maximum absolute atomic E-state index is 11.1. The minimum atomic E-state index is -0.386. The zero-order chi connectivity index (χ0) is 19.0. The number of nitrogens with one attached hydrogen (secondary N) is 1. The van der Waals surface area contributed by atoms with Gasteiger partial charge in [0.1, 0.15) is 17.0 Å². The number of nitro groups is 1. The molecule has 0 aliphatic carbocycles. The summed E-state index contributed by atoms with van der Waals surface area (Å²) in [4.78, 5) is 20.4. The monoisotopic (exact) mass is 376 g/mol. The third-order valence-electron chi connectivity index (χ3n) is 4.22. The van der Waals surface area contributed by atoms with Crippen molar-refractivity contribution in [2.45, 2.75) is 13.8 Å². The lowest BCUT2D eigenvalue weighted by Crippen LogP contribution is -1.96. The summed E-state index contributed by atoms with van der Waals surface area (Å²) in [6, 6.07) is 12.8. The Kier molecular flexibility index (Phi) is 4.29. The Morgan fingerprint density at radius 2 is 1.85 bits per heavy atom. The molecule has 27 heavy (non-hydrogen) atoms. The van der Waals surface area contributed by atoms with Crippen molar-refractivity contribution in [1.82, 2.24) is 9.97 Å². The molecule has 2 aromatic carbocycles. The first-order valence-corrected chi connectivity index (χ1v) is 9.21. The van der Waals surface area contributed by atoms with Crippen LogP contribution in [-0.2, 0) is 0 Å². The van der Waals surface area contributed by atoms with Crippen LogP contribution in [-0.4, -0.2) is 14.9 Å². The number of hydrogen-bond donors (Lipinski definition) is 1. The lowest BCUT2D eigenvalue weighted by molar-refractivity contribution is -0.384. The van der Waals surface area contributed by atoms with Gasteiger partial charge in [-0.1, -0.05) is 18.2 Å². The van der Waals surface area contributed by atoms with E-state index in [0.717, 1.165) is 38.2 Å². The smallest absolute Gasteiger partial charge is 0.270 e. The summed E-state index contributed by atoms with van der Waals surface area (Å²) in [5.41, 5.74) is 4.98. The van der Waals surface area contributed by atoms with Crippen LogP contribution in [0.2, 0.25) is 0 Å². The molecule has 0 spiro atoms. The van der Waals surface area contributed by atoms with E-state index in [0.29, 0.717) is 5.82 Å². The van der Waals surface area contributed by atoms with Crippen LogP contribution in [0.5, 0.6) is 0 Å². The Bertz CT molecular complexity index is 1150. The predicted molar refractivity (Wildman–Crippen MR) is 109 cm³/mol. The van der Waals surface area contributed by atoms with E-state index in [1.807, 2.05) is 25.3 Å². The summed E-state index contributed by atoms with van der Waals surface area (Å²) >= 11 is 1.49. The lowest BCUT2D eigenvalue weighted by Gasteiger charge is -2.10. The summed E-state index contributed by atoms with van der Waals surface area (Å²) in [7, 11) is 0. The Labute approximate surface area is 159 Å². The Hall–Kier alpha value is -3.32. The minimum absolute atomic E-state index is 0.0625. The van der Waals surface area contributed by atoms with E-state index in [4.69, 9.17) is 0 Å². The number of rotatable bonds is 4. The fraction of sp³-hybridized carbons (Fsp3) is 0.100. The number of aromatic nitrogens is 2. The Morgan fingerprint density at radius 3 is 2.59 bits per heavy atom. The highest BCUT2D eigenvalue weighted by Gasteiger charge is 2.15. The summed E-state index contributed by atoms with van der Waals surface area (Å²) < 4.78 is 0. The van der Waals surface area contributed by atoms with Gasteiger partial charge in [0.2, 0.25) is 0 Å². The van der Waals surface area contributed by atoms with Gasteiger partial charge in [-0.3, -0.25) is 10.1 Å². The standard InChI is InChI=1S/C20H16N4O2S/c1-12-6-13(2)8-15(7-12)23-19-18-17(10-27-20(18)22-11-21-19)14-4-3-5-16(9-14)24(25)26/h3-11H,1-2H3,(H,21,22,23). The largest absolute Gasteiger partial charge is 0.340 e. The summed E-state index contributed by atoms with van der Waals surface area (Å²) in [6.45, 7) is 4.10. The molecule has 0 saturated carbocycles. The van der Waals surface area contributed by atoms with Crippen molar-refractivity contribution in [3.05, 3.63) is 75.4 Å². The Morgan fingerprint density at radius 1 is 1.07 bits per heavy atom. The van der Waals surface area contributed by atoms with Crippen molar-refractivity contribution in [1.29, 1.82) is 0 Å². The first kappa shape index (κ1) is 17.1. The minimum Gasteiger partial charge on any atom is -0.340 e. The average molecular weight is 376 g/mol. The molecule has 0 aliphatic rings. The van der Waals surface area contributed by atoms with E-state index in [9.17, 15) is 10.1 Å². The van der Waals surface area contributed by atoms with E-state index in [-0.39, 0.29) is 10.6 Å². The van der Waals surface area contributed by atoms with E-state index in [2.05, 4.69) is 33.5 Å². The van der Waals surface area contributed by atoms with E-state index in [1.165, 1.54) is 23.7 Å². The maximum atomic E-state index is 11.1. The summed E-state index contributed by atoms with van der Waals surface area (Å²) in [6.07, 6.45) is 1.53. The molecule has 7 heteroatoms. The van der Waals surface area contributed by atoms with E-state index in [1.54, 1.807) is 12.1 Å². The van der Waals surface area contributed by atoms with Gasteiger partial charge < -0.3 is 5.32 Å². The number of non-ortho nitro benzene ring substituents is 1. The third kappa shape index (κ3) is 3.37. The molecule has 0 fully saturated rings. The molecule has 4 rings (SSSR count). The van der Waals surface area contributed by atoms with Crippen molar-refractivity contribution in [3.8, 4) is 11.1 Å². The molecule has 2 heterocycles. The number of nitro benzene ring substituents is 1. The molecule has 0 amide bonds. The van der Waals surface area contributed by atoms with Gasteiger partial charge in [0.25, 0.3) is 5.69 Å². The average Bonchev–Trinajstić information content (AvgIpc) is 3.06. The summed E-state index contributed by atoms with van der Waals surface area (Å²) in [5, 5.41) is 17.3. The molecular weight excluding hydrogens is 360 g/mol. The van der Waals surface area contributed by atoms with Crippen LogP contribution in [0.4, 0.5) is 17.2 Å². The van der Waals surface area contributed by atoms with Crippen LogP contribution < -0.4 is 5.32 Å². The molecule has 134 valence electrons. The van der Waals surface area contributed by atoms with Crippen LogP contribution >= 0.6 is 11.3 Å². The second-order valence-electron chi connectivity index (χ2n) is 6.36. The van der Waals surface area contributed by atoms with Crippen LogP contribution in [0, 0.1) is 24.0 Å². The topological polar surface area (TPSA) is 81.0 Å². The number of anilines is 2. The fourth-order valence-corrected chi connectivity index (χ4v) is 4.07. The highest BCUT2D eigenvalue weighted by molar-refractivity contribution is 7.17. The number of benzene rings is 2. The van der Waals surface area contributed by atoms with Gasteiger partial charge in [0.15, 0.2) is 0 Å². The number of aryl methyl sites for hydroxylation is 2. The van der Waals surface area contributed by atoms with Crippen molar-refractivity contribution in [2.75, 3.05) is 5.32 Å². The van der Waals surface area contributed by atoms with Crippen LogP contribution in [0.3, 0.4) is 0 Å². The number of nitrogens with zero attached hydrogens (tertiary/aromatic N) is 3. The van der Waals surface area contributed by atoms with Crippen LogP contribution in [0.25, 0.3) is 21.3 Å². The van der Waals surface area contributed by atoms with Gasteiger partial charge in [-0.05, 0) is 42.7 Å². The van der Waals surface area contributed by atoms with Crippen molar-refractivity contribution in [2.24, 2.45) is 0 Å². The molecule has 0 aliphatic heterocycles.